The van der Waals surface area contributed by atoms with Crippen molar-refractivity contribution in [1.82, 2.24) is 19.6 Å². The topological polar surface area (TPSA) is 57.4 Å². The molecule has 47 heavy (non-hydrogen) atoms. The lowest BCUT2D eigenvalue weighted by atomic mass is 10.0. The van der Waals surface area contributed by atoms with Gasteiger partial charge < -0.3 is 9.80 Å². The van der Waals surface area contributed by atoms with Gasteiger partial charge >= 0.3 is 0 Å². The minimum absolute atomic E-state index is 0.281. The fourth-order valence-electron chi connectivity index (χ4n) is 7.90. The molecule has 6 rings (SSSR count). The zero-order valence-corrected chi connectivity index (χ0v) is 30.9. The second kappa shape index (κ2) is 13.6. The van der Waals surface area contributed by atoms with Crippen LogP contribution in [0, 0.1) is 27.7 Å². The van der Waals surface area contributed by atoms with Crippen LogP contribution in [-0.2, 0) is 26.9 Å². The average Bonchev–Trinajstić information content (AvgIpc) is 3.50. The molecule has 10 heteroatoms. The van der Waals surface area contributed by atoms with E-state index in [0.717, 1.165) is 109 Å². The number of hydrogen-bond acceptors (Lipinski definition) is 6. The molecule has 2 aliphatic heterocycles. The van der Waals surface area contributed by atoms with E-state index in [9.17, 15) is 0 Å². The van der Waals surface area contributed by atoms with Crippen LogP contribution in [0.5, 0.6) is 0 Å². The summed E-state index contributed by atoms with van der Waals surface area (Å²) in [5, 5.41) is 14.3. The summed E-state index contributed by atoms with van der Waals surface area (Å²) < 4.78 is 4.10. The van der Waals surface area contributed by atoms with E-state index in [1.165, 1.54) is 33.4 Å². The molecule has 2 aromatic heterocycles. The summed E-state index contributed by atoms with van der Waals surface area (Å²) in [6.45, 7) is 14.8. The number of benzene rings is 2. The Bertz CT molecular complexity index is 1720. The summed E-state index contributed by atoms with van der Waals surface area (Å²) in [4.78, 5) is 4.65. The van der Waals surface area contributed by atoms with E-state index in [1.54, 1.807) is 0 Å². The van der Waals surface area contributed by atoms with E-state index in [4.69, 9.17) is 33.4 Å². The number of rotatable bonds is 10. The Kier molecular flexibility index (Phi) is 9.73. The molecule has 4 heterocycles. The van der Waals surface area contributed by atoms with Crippen molar-refractivity contribution in [2.45, 2.75) is 99.0 Å². The van der Waals surface area contributed by atoms with Gasteiger partial charge in [0.15, 0.2) is 17.5 Å². The Balaban J connectivity index is 1.45. The van der Waals surface area contributed by atoms with Crippen LogP contribution in [0.3, 0.4) is 0 Å². The van der Waals surface area contributed by atoms with Crippen LogP contribution in [0.15, 0.2) is 24.3 Å². The monoisotopic (exact) mass is 676 g/mol. The van der Waals surface area contributed by atoms with Crippen LogP contribution in [-0.4, -0.2) is 38.7 Å². The molecule has 0 saturated carbocycles. The summed E-state index contributed by atoms with van der Waals surface area (Å²) in [6.07, 6.45) is 8.29. The lowest BCUT2D eigenvalue weighted by molar-refractivity contribution is 0.511. The molecule has 2 aliphatic rings. The van der Waals surface area contributed by atoms with Crippen LogP contribution < -0.4 is 20.2 Å². The quantitative estimate of drug-likeness (QED) is 0.169. The zero-order chi connectivity index (χ0) is 33.6. The predicted octanol–water partition coefficient (Wildman–Crippen LogP) is 9.66. The molecule has 0 fully saturated rings. The van der Waals surface area contributed by atoms with E-state index in [-0.39, 0.29) is 6.04 Å². The van der Waals surface area contributed by atoms with Crippen molar-refractivity contribution in [3.63, 3.8) is 0 Å². The largest absolute Gasteiger partial charge is 0.323 e. The molecule has 0 unspecified atom stereocenters. The van der Waals surface area contributed by atoms with Crippen LogP contribution in [0.4, 0.5) is 34.6 Å². The van der Waals surface area contributed by atoms with Crippen molar-refractivity contribution < 1.29 is 0 Å². The number of hydrogen-bond donors (Lipinski definition) is 1. The number of anilines is 6. The van der Waals surface area contributed by atoms with Gasteiger partial charge in [-0.1, -0.05) is 62.0 Å². The third-order valence-corrected chi connectivity index (χ3v) is 10.3. The minimum Gasteiger partial charge on any atom is -0.323 e. The summed E-state index contributed by atoms with van der Waals surface area (Å²) in [6, 6.07) is 8.82. The summed E-state index contributed by atoms with van der Waals surface area (Å²) in [7, 11) is 4.14. The van der Waals surface area contributed by atoms with E-state index in [1.807, 2.05) is 4.68 Å². The standard InChI is InChI=1S/C37H50Cl2N8/c1-9-13-27(14-10-2)47(37-29-16-12-18-46(36(29)41-44(37)8)33-26(6)20-24(4)22-31(33)39)42-34-28-15-11-17-45(35(28)40-43(34)7)32-25(5)19-23(3)21-30(32)38/h19-22,27,42H,9-18H2,1-8H3. The smallest absolute Gasteiger partial charge is 0.160 e. The highest BCUT2D eigenvalue weighted by atomic mass is 35.5. The predicted molar refractivity (Wildman–Crippen MR) is 199 cm³/mol. The second-order valence-corrected chi connectivity index (χ2v) is 14.4. The van der Waals surface area contributed by atoms with Crippen molar-refractivity contribution in [2.24, 2.45) is 14.1 Å². The number of halogens is 2. The number of fused-ring (bicyclic) bond motifs is 2. The van der Waals surface area contributed by atoms with Crippen LogP contribution in [0.1, 0.15) is 85.8 Å². The van der Waals surface area contributed by atoms with Gasteiger partial charge in [0.1, 0.15) is 5.82 Å². The van der Waals surface area contributed by atoms with E-state index in [2.05, 4.69) is 105 Å². The van der Waals surface area contributed by atoms with Crippen LogP contribution in [0.25, 0.3) is 0 Å². The fraction of sp³-hybridized carbons (Fsp3) is 0.514. The van der Waals surface area contributed by atoms with E-state index in [0.29, 0.717) is 0 Å². The lowest BCUT2D eigenvalue weighted by Gasteiger charge is -2.36. The fourth-order valence-corrected chi connectivity index (χ4v) is 8.75. The molecule has 0 radical (unpaired) electrons. The van der Waals surface area contributed by atoms with Crippen molar-refractivity contribution in [2.75, 3.05) is 33.3 Å². The first-order valence-corrected chi connectivity index (χ1v) is 18.1. The first kappa shape index (κ1) is 33.5. The van der Waals surface area contributed by atoms with Gasteiger partial charge in [-0.05, 0) is 101 Å². The minimum atomic E-state index is 0.281. The lowest BCUT2D eigenvalue weighted by Crippen LogP contribution is -2.43. The number of nitrogens with one attached hydrogen (secondary N) is 1. The maximum Gasteiger partial charge on any atom is 0.160 e. The maximum atomic E-state index is 6.92. The van der Waals surface area contributed by atoms with E-state index >= 15 is 0 Å². The normalized spacial score (nSPS) is 14.5. The van der Waals surface area contributed by atoms with Gasteiger partial charge in [0.05, 0.1) is 27.5 Å². The van der Waals surface area contributed by atoms with Crippen molar-refractivity contribution in [3.8, 4) is 0 Å². The number of aryl methyl sites for hydroxylation is 6. The summed E-state index contributed by atoms with van der Waals surface area (Å²) in [5.41, 5.74) is 13.3. The molecule has 0 bridgehead atoms. The van der Waals surface area contributed by atoms with Gasteiger partial charge in [-0.2, -0.15) is 10.2 Å². The first-order chi connectivity index (χ1) is 22.5. The van der Waals surface area contributed by atoms with Gasteiger partial charge in [0.2, 0.25) is 0 Å². The highest BCUT2D eigenvalue weighted by molar-refractivity contribution is 6.34. The molecule has 0 spiro atoms. The highest BCUT2D eigenvalue weighted by Crippen LogP contribution is 2.45. The van der Waals surface area contributed by atoms with Crippen LogP contribution in [0.2, 0.25) is 10.0 Å². The SMILES string of the molecule is CCCC(CCC)N(Nc1c2c(nn1C)N(c1c(C)cc(C)cc1Cl)CCC2)c1c2c(nn1C)N(c1c(C)cc(C)cc1Cl)CCC2. The Hall–Kier alpha value is -3.36. The van der Waals surface area contributed by atoms with Crippen LogP contribution >= 0.6 is 23.2 Å². The molecule has 1 N–H and O–H groups in total. The molecule has 2 aromatic carbocycles. The Morgan fingerprint density at radius 1 is 0.745 bits per heavy atom. The van der Waals surface area contributed by atoms with Gasteiger partial charge in [-0.15, -0.1) is 0 Å². The second-order valence-electron chi connectivity index (χ2n) is 13.6. The van der Waals surface area contributed by atoms with Gasteiger partial charge in [0.25, 0.3) is 0 Å². The van der Waals surface area contributed by atoms with Gasteiger partial charge in [-0.3, -0.25) is 10.4 Å². The Labute approximate surface area is 290 Å². The molecular weight excluding hydrogens is 627 g/mol. The zero-order valence-electron chi connectivity index (χ0n) is 29.3. The average molecular weight is 678 g/mol. The number of nitrogens with zero attached hydrogens (tertiary/aromatic N) is 7. The van der Waals surface area contributed by atoms with Crippen molar-refractivity contribution >= 4 is 57.8 Å². The first-order valence-electron chi connectivity index (χ1n) is 17.3. The summed E-state index contributed by atoms with van der Waals surface area (Å²) >= 11 is 13.8. The third-order valence-electron chi connectivity index (χ3n) is 9.74. The van der Waals surface area contributed by atoms with Gasteiger partial charge in [-0.25, -0.2) is 9.36 Å². The Morgan fingerprint density at radius 2 is 1.23 bits per heavy atom. The van der Waals surface area contributed by atoms with E-state index < -0.39 is 0 Å². The molecule has 0 atom stereocenters. The molecule has 0 aliphatic carbocycles. The van der Waals surface area contributed by atoms with Crippen molar-refractivity contribution in [1.29, 1.82) is 0 Å². The molecule has 4 aromatic rings. The third kappa shape index (κ3) is 6.19. The molecule has 252 valence electrons. The molecular formula is C37H50Cl2N8. The Morgan fingerprint density at radius 3 is 1.74 bits per heavy atom. The van der Waals surface area contributed by atoms with Crippen molar-refractivity contribution in [3.05, 3.63) is 67.7 Å². The van der Waals surface area contributed by atoms with Gasteiger partial charge in [0, 0.05) is 38.3 Å². The highest BCUT2D eigenvalue weighted by Gasteiger charge is 2.35. The number of hydrazine groups is 1. The molecule has 8 nitrogen and oxygen atoms in total. The maximum absolute atomic E-state index is 6.92. The molecule has 0 saturated heterocycles. The number of aromatic nitrogens is 4. The molecule has 0 amide bonds. The summed E-state index contributed by atoms with van der Waals surface area (Å²) in [5.74, 6) is 4.14.